The van der Waals surface area contributed by atoms with E-state index in [0.29, 0.717) is 13.0 Å². The van der Waals surface area contributed by atoms with Crippen LogP contribution in [-0.4, -0.2) is 110 Å². The number of benzene rings is 1. The van der Waals surface area contributed by atoms with Crippen LogP contribution in [0.15, 0.2) is 18.2 Å². The fraction of sp³-hybridized carbons (Fsp3) is 0.759. The second-order valence-electron chi connectivity index (χ2n) is 12.4. The lowest BCUT2D eigenvalue weighted by molar-refractivity contribution is -0.206. The molecule has 2 atom stereocenters. The molecule has 2 heterocycles. The van der Waals surface area contributed by atoms with Gasteiger partial charge in [-0.25, -0.2) is 4.79 Å². The topological polar surface area (TPSA) is 83.9 Å². The Balaban J connectivity index is 1.57. The van der Waals surface area contributed by atoms with Crippen molar-refractivity contribution in [1.82, 2.24) is 14.7 Å². The highest BCUT2D eigenvalue weighted by Crippen LogP contribution is 2.41. The quantitative estimate of drug-likeness (QED) is 0.479. The van der Waals surface area contributed by atoms with Gasteiger partial charge in [-0.2, -0.15) is 0 Å². The molecular formula is C29H49N3O6. The van der Waals surface area contributed by atoms with Crippen LogP contribution in [0.1, 0.15) is 58.9 Å². The van der Waals surface area contributed by atoms with Gasteiger partial charge in [-0.1, -0.05) is 6.07 Å². The van der Waals surface area contributed by atoms with E-state index in [9.17, 15) is 9.90 Å². The summed E-state index contributed by atoms with van der Waals surface area (Å²) in [4.78, 5) is 18.9. The molecule has 9 nitrogen and oxygen atoms in total. The predicted octanol–water partition coefficient (Wildman–Crippen LogP) is 3.77. The van der Waals surface area contributed by atoms with Crippen LogP contribution in [0.4, 0.5) is 4.79 Å². The molecule has 2 aliphatic heterocycles. The lowest BCUT2D eigenvalue weighted by Gasteiger charge is -2.52. The van der Waals surface area contributed by atoms with E-state index in [2.05, 4.69) is 36.0 Å². The summed E-state index contributed by atoms with van der Waals surface area (Å²) in [6.45, 7) is 11.7. The zero-order chi connectivity index (χ0) is 28.1. The van der Waals surface area contributed by atoms with E-state index in [0.717, 1.165) is 56.9 Å². The van der Waals surface area contributed by atoms with Gasteiger partial charge < -0.3 is 33.9 Å². The Labute approximate surface area is 229 Å². The third-order valence-corrected chi connectivity index (χ3v) is 7.51. The number of hydrogen-bond donors (Lipinski definition) is 1. The van der Waals surface area contributed by atoms with Gasteiger partial charge in [0.1, 0.15) is 11.2 Å². The van der Waals surface area contributed by atoms with Gasteiger partial charge in [0.25, 0.3) is 0 Å². The third-order valence-electron chi connectivity index (χ3n) is 7.51. The van der Waals surface area contributed by atoms with Crippen molar-refractivity contribution in [2.45, 2.75) is 82.8 Å². The minimum absolute atomic E-state index is 0.192. The molecule has 1 amide bonds. The van der Waals surface area contributed by atoms with Crippen molar-refractivity contribution in [3.8, 4) is 11.5 Å². The van der Waals surface area contributed by atoms with Crippen molar-refractivity contribution in [3.05, 3.63) is 23.8 Å². The van der Waals surface area contributed by atoms with Crippen molar-refractivity contribution in [3.63, 3.8) is 0 Å². The highest BCUT2D eigenvalue weighted by atomic mass is 16.6. The van der Waals surface area contributed by atoms with E-state index < -0.39 is 17.3 Å². The summed E-state index contributed by atoms with van der Waals surface area (Å²) in [7, 11) is 7.51. The Morgan fingerprint density at radius 1 is 1.18 bits per heavy atom. The van der Waals surface area contributed by atoms with Crippen LogP contribution in [0.25, 0.3) is 0 Å². The maximum absolute atomic E-state index is 12.8. The van der Waals surface area contributed by atoms with Gasteiger partial charge in [0.05, 0.1) is 32.0 Å². The molecule has 1 N–H and O–H groups in total. The Kier molecular flexibility index (Phi) is 9.95. The van der Waals surface area contributed by atoms with Crippen molar-refractivity contribution in [1.29, 1.82) is 0 Å². The molecule has 0 bridgehead atoms. The molecular weight excluding hydrogens is 486 g/mol. The summed E-state index contributed by atoms with van der Waals surface area (Å²) in [5.41, 5.74) is -0.916. The number of carbonyl (C=O) groups is 1. The third kappa shape index (κ3) is 8.21. The molecule has 1 aromatic carbocycles. The van der Waals surface area contributed by atoms with Crippen molar-refractivity contribution in [2.75, 3.05) is 61.1 Å². The average molecular weight is 536 g/mol. The van der Waals surface area contributed by atoms with Crippen LogP contribution in [0, 0.1) is 0 Å². The molecule has 0 saturated carbocycles. The monoisotopic (exact) mass is 535 g/mol. The lowest BCUT2D eigenvalue weighted by atomic mass is 9.77. The van der Waals surface area contributed by atoms with Crippen LogP contribution in [-0.2, 0) is 16.0 Å². The second kappa shape index (κ2) is 12.4. The number of hydrogen-bond acceptors (Lipinski definition) is 8. The van der Waals surface area contributed by atoms with Crippen LogP contribution >= 0.6 is 0 Å². The molecule has 0 aromatic heterocycles. The van der Waals surface area contributed by atoms with Gasteiger partial charge in [-0.3, -0.25) is 4.90 Å². The number of aliphatic hydroxyl groups is 1. The summed E-state index contributed by atoms with van der Waals surface area (Å²) in [5, 5.41) is 11.1. The minimum atomic E-state index is -1.14. The van der Waals surface area contributed by atoms with E-state index in [1.54, 1.807) is 26.0 Å². The lowest BCUT2D eigenvalue weighted by Crippen LogP contribution is -2.64. The summed E-state index contributed by atoms with van der Waals surface area (Å²) in [6.07, 6.45) is 2.80. The van der Waals surface area contributed by atoms with Gasteiger partial charge in [-0.05, 0) is 85.2 Å². The maximum Gasteiger partial charge on any atom is 0.410 e. The van der Waals surface area contributed by atoms with E-state index >= 15 is 0 Å². The van der Waals surface area contributed by atoms with E-state index in [1.807, 2.05) is 26.8 Å². The Hall–Kier alpha value is -2.07. The molecule has 3 rings (SSSR count). The molecule has 9 heteroatoms. The van der Waals surface area contributed by atoms with Crippen LogP contribution in [0.2, 0.25) is 0 Å². The number of piperidine rings is 1. The number of likely N-dealkylation sites (tertiary alicyclic amines) is 1. The average Bonchev–Trinajstić information content (AvgIpc) is 2.84. The standard InChI is InChI=1S/C29H49N3O6/c1-27(2,3)38-26(33)31(7)25-19-29(37-21-28(25,4)34)12-15-32(16-13-29)20-22-10-11-23(24(18-22)35-8)36-17-9-14-30(5)6/h10-11,18,25,34H,9,12-17,19-21H2,1-8H3/t25-,28-/m0/s1. The zero-order valence-electron chi connectivity index (χ0n) is 24.7. The van der Waals surface area contributed by atoms with Gasteiger partial charge >= 0.3 is 6.09 Å². The Bertz CT molecular complexity index is 921. The van der Waals surface area contributed by atoms with Gasteiger partial charge in [0.15, 0.2) is 11.5 Å². The molecule has 1 aromatic rings. The number of ether oxygens (including phenoxy) is 4. The maximum atomic E-state index is 12.8. The molecule has 0 unspecified atom stereocenters. The first kappa shape index (κ1) is 30.5. The number of nitrogens with zero attached hydrogens (tertiary/aromatic N) is 3. The molecule has 0 aliphatic carbocycles. The summed E-state index contributed by atoms with van der Waals surface area (Å²) in [6, 6.07) is 5.78. The smallest absolute Gasteiger partial charge is 0.410 e. The fourth-order valence-corrected chi connectivity index (χ4v) is 5.26. The molecule has 1 spiro atoms. The molecule has 2 aliphatic rings. The largest absolute Gasteiger partial charge is 0.493 e. The summed E-state index contributed by atoms with van der Waals surface area (Å²) >= 11 is 0. The predicted molar refractivity (Wildman–Crippen MR) is 148 cm³/mol. The van der Waals surface area contributed by atoms with Crippen molar-refractivity contribution in [2.24, 2.45) is 0 Å². The highest BCUT2D eigenvalue weighted by molar-refractivity contribution is 5.68. The molecule has 38 heavy (non-hydrogen) atoms. The number of carbonyl (C=O) groups excluding carboxylic acids is 1. The summed E-state index contributed by atoms with van der Waals surface area (Å²) in [5.74, 6) is 1.53. The first-order chi connectivity index (χ1) is 17.7. The van der Waals surface area contributed by atoms with Crippen LogP contribution in [0.5, 0.6) is 11.5 Å². The SMILES string of the molecule is COc1cc(CN2CCC3(CC2)C[C@H](N(C)C(=O)OC(C)(C)C)[C@@](C)(O)CO3)ccc1OCCCN(C)C. The first-order valence-corrected chi connectivity index (χ1v) is 13.7. The van der Waals surface area contributed by atoms with Crippen molar-refractivity contribution >= 4 is 6.09 Å². The fourth-order valence-electron chi connectivity index (χ4n) is 5.26. The van der Waals surface area contributed by atoms with E-state index in [1.165, 1.54) is 5.56 Å². The van der Waals surface area contributed by atoms with Gasteiger partial charge in [0, 0.05) is 33.2 Å². The first-order valence-electron chi connectivity index (χ1n) is 13.7. The number of methoxy groups -OCH3 is 1. The molecule has 2 fully saturated rings. The van der Waals surface area contributed by atoms with E-state index in [-0.39, 0.29) is 18.2 Å². The van der Waals surface area contributed by atoms with E-state index in [4.69, 9.17) is 18.9 Å². The molecule has 216 valence electrons. The van der Waals surface area contributed by atoms with Crippen molar-refractivity contribution < 1.29 is 28.8 Å². The Morgan fingerprint density at radius 3 is 2.47 bits per heavy atom. The van der Waals surface area contributed by atoms with Crippen LogP contribution in [0.3, 0.4) is 0 Å². The second-order valence-corrected chi connectivity index (χ2v) is 12.4. The highest BCUT2D eigenvalue weighted by Gasteiger charge is 2.51. The number of rotatable bonds is 9. The number of amides is 1. The molecule has 0 radical (unpaired) electrons. The minimum Gasteiger partial charge on any atom is -0.493 e. The summed E-state index contributed by atoms with van der Waals surface area (Å²) < 4.78 is 23.4. The van der Waals surface area contributed by atoms with Gasteiger partial charge in [0.2, 0.25) is 0 Å². The normalized spacial score (nSPS) is 23.9. The van der Waals surface area contributed by atoms with Gasteiger partial charge in [-0.15, -0.1) is 0 Å². The van der Waals surface area contributed by atoms with Crippen LogP contribution < -0.4 is 9.47 Å². The molecule has 2 saturated heterocycles. The Morgan fingerprint density at radius 2 is 1.87 bits per heavy atom. The zero-order valence-corrected chi connectivity index (χ0v) is 24.7. The number of likely N-dealkylation sites (N-methyl/N-ethyl adjacent to an activating group) is 1.